The molecule has 3 aliphatic heterocycles. The van der Waals surface area contributed by atoms with Crippen molar-refractivity contribution in [3.05, 3.63) is 29.3 Å². The second kappa shape index (κ2) is 10.2. The third-order valence-corrected chi connectivity index (χ3v) is 10.8. The van der Waals surface area contributed by atoms with Crippen molar-refractivity contribution in [1.29, 1.82) is 0 Å². The van der Waals surface area contributed by atoms with Crippen molar-refractivity contribution in [2.24, 2.45) is 11.8 Å². The molecule has 3 saturated heterocycles. The van der Waals surface area contributed by atoms with E-state index in [0.29, 0.717) is 13.0 Å². The van der Waals surface area contributed by atoms with E-state index in [1.807, 2.05) is 32.0 Å². The van der Waals surface area contributed by atoms with Gasteiger partial charge in [-0.1, -0.05) is 47.0 Å². The molecule has 1 spiro atoms. The highest BCUT2D eigenvalue weighted by molar-refractivity contribution is 9.09. The average Bonchev–Trinajstić information content (AvgIpc) is 3.39. The lowest BCUT2D eigenvalue weighted by Crippen LogP contribution is -2.53. The number of aryl methyl sites for hydroxylation is 2. The summed E-state index contributed by atoms with van der Waals surface area (Å²) < 4.78 is -0.626. The first kappa shape index (κ1) is 25.5. The number of para-hydroxylation sites is 1. The van der Waals surface area contributed by atoms with Crippen molar-refractivity contribution >= 4 is 51.1 Å². The normalized spacial score (nSPS) is 31.6. The fourth-order valence-corrected chi connectivity index (χ4v) is 9.70. The Morgan fingerprint density at radius 2 is 1.85 bits per heavy atom. The van der Waals surface area contributed by atoms with Gasteiger partial charge in [0.05, 0.1) is 16.6 Å². The predicted octanol–water partition coefficient (Wildman–Crippen LogP) is 3.01. The van der Waals surface area contributed by atoms with Crippen LogP contribution in [0, 0.1) is 25.7 Å². The number of hydrogen-bond acceptors (Lipinski definition) is 5. The Balaban J connectivity index is 1.67. The number of rotatable bonds is 9. The molecular formula is C25H34BrN3O4S. The Hall–Kier alpha value is -1.58. The summed E-state index contributed by atoms with van der Waals surface area (Å²) in [6.45, 7) is 4.57. The molecule has 0 radical (unpaired) electrons. The Kier molecular flexibility index (Phi) is 7.64. The molecule has 6 atom stereocenters. The molecule has 2 bridgehead atoms. The van der Waals surface area contributed by atoms with Gasteiger partial charge in [-0.15, -0.1) is 11.8 Å². The van der Waals surface area contributed by atoms with Crippen LogP contribution in [0.5, 0.6) is 0 Å². The van der Waals surface area contributed by atoms with Crippen LogP contribution in [0.4, 0.5) is 5.69 Å². The lowest BCUT2D eigenvalue weighted by atomic mass is 9.70. The van der Waals surface area contributed by atoms with E-state index in [9.17, 15) is 14.4 Å². The van der Waals surface area contributed by atoms with Crippen molar-refractivity contribution < 1.29 is 19.5 Å². The molecule has 0 aromatic heterocycles. The van der Waals surface area contributed by atoms with Gasteiger partial charge in [-0.25, -0.2) is 0 Å². The number of aliphatic hydroxyl groups excluding tert-OH is 1. The van der Waals surface area contributed by atoms with Crippen molar-refractivity contribution in [1.82, 2.24) is 10.2 Å². The van der Waals surface area contributed by atoms with Gasteiger partial charge in [0.1, 0.15) is 6.04 Å². The fourth-order valence-electron chi connectivity index (χ4n) is 6.09. The minimum Gasteiger partial charge on any atom is -0.396 e. The van der Waals surface area contributed by atoms with E-state index in [0.717, 1.165) is 42.5 Å². The van der Waals surface area contributed by atoms with E-state index >= 15 is 0 Å². The van der Waals surface area contributed by atoms with Crippen LogP contribution in [0.15, 0.2) is 18.2 Å². The molecular weight excluding hydrogens is 518 g/mol. The number of thioether (sulfide) groups is 1. The number of nitrogens with zero attached hydrogens (tertiary/aromatic N) is 1. The first-order valence-electron chi connectivity index (χ1n) is 12.1. The number of anilines is 1. The number of alkyl halides is 1. The summed E-state index contributed by atoms with van der Waals surface area (Å²) in [5.41, 5.74) is 2.75. The number of fused-ring (bicyclic) bond motifs is 1. The standard InChI is InChI=1S/C25H34BrN3O4S/c1-14-9-8-10-15(2)19(14)28-23(32)21-25-13-16(26)20(34-25)17(22(31)27-3)18(25)24(33)29(21)11-6-4-5-7-12-30/h8-10,16-18,20-21,30H,4-7,11-13H2,1-3H3,(H,27,31)(H,28,32)/t16?,17-,18-,20-,21?,25?/m0/s1. The van der Waals surface area contributed by atoms with Crippen LogP contribution >= 0.6 is 27.7 Å². The molecule has 186 valence electrons. The highest BCUT2D eigenvalue weighted by Crippen LogP contribution is 2.67. The van der Waals surface area contributed by atoms with Crippen molar-refractivity contribution in [3.63, 3.8) is 0 Å². The molecule has 9 heteroatoms. The Morgan fingerprint density at radius 1 is 1.18 bits per heavy atom. The number of amides is 3. The van der Waals surface area contributed by atoms with E-state index < -0.39 is 22.6 Å². The summed E-state index contributed by atoms with van der Waals surface area (Å²) >= 11 is 5.42. The van der Waals surface area contributed by atoms with Crippen LogP contribution < -0.4 is 10.6 Å². The predicted molar refractivity (Wildman–Crippen MR) is 138 cm³/mol. The van der Waals surface area contributed by atoms with Gasteiger partial charge < -0.3 is 20.6 Å². The first-order chi connectivity index (χ1) is 16.3. The van der Waals surface area contributed by atoms with Crippen molar-refractivity contribution in [2.45, 2.75) is 66.8 Å². The maximum Gasteiger partial charge on any atom is 0.248 e. The molecule has 3 unspecified atom stereocenters. The van der Waals surface area contributed by atoms with Crippen LogP contribution in [0.25, 0.3) is 0 Å². The first-order valence-corrected chi connectivity index (χ1v) is 13.9. The minimum absolute atomic E-state index is 0.0314. The summed E-state index contributed by atoms with van der Waals surface area (Å²) in [5, 5.41) is 14.9. The monoisotopic (exact) mass is 551 g/mol. The van der Waals surface area contributed by atoms with Gasteiger partial charge in [-0.2, -0.15) is 0 Å². The molecule has 4 rings (SSSR count). The SMILES string of the molecule is CNC(=O)[C@H]1[C@H]2C(=O)N(CCCCCCO)C(C(=O)Nc3c(C)cccc3C)C23CC(Br)[C@@H]1S3. The third-order valence-electron chi connectivity index (χ3n) is 7.62. The molecule has 34 heavy (non-hydrogen) atoms. The number of carbonyl (C=O) groups excluding carboxylic acids is 3. The molecule has 3 N–H and O–H groups in total. The van der Waals surface area contributed by atoms with Gasteiger partial charge in [0, 0.05) is 36.0 Å². The molecule has 1 aromatic rings. The maximum atomic E-state index is 13.9. The highest BCUT2D eigenvalue weighted by atomic mass is 79.9. The number of aliphatic hydroxyl groups is 1. The number of likely N-dealkylation sites (tertiary alicyclic amines) is 1. The zero-order chi connectivity index (χ0) is 24.6. The van der Waals surface area contributed by atoms with Gasteiger partial charge in [-0.3, -0.25) is 14.4 Å². The van der Waals surface area contributed by atoms with E-state index in [2.05, 4.69) is 26.6 Å². The highest BCUT2D eigenvalue weighted by Gasteiger charge is 2.75. The van der Waals surface area contributed by atoms with Crippen LogP contribution in [0.2, 0.25) is 0 Å². The van der Waals surface area contributed by atoms with E-state index in [1.165, 1.54) is 0 Å². The smallest absolute Gasteiger partial charge is 0.248 e. The van der Waals surface area contributed by atoms with Gasteiger partial charge >= 0.3 is 0 Å². The average molecular weight is 553 g/mol. The molecule has 3 fully saturated rings. The van der Waals surface area contributed by atoms with Gasteiger partial charge in [0.2, 0.25) is 17.7 Å². The lowest BCUT2D eigenvalue weighted by Gasteiger charge is -2.35. The Labute approximate surface area is 213 Å². The fraction of sp³-hybridized carbons (Fsp3) is 0.640. The summed E-state index contributed by atoms with van der Waals surface area (Å²) in [6, 6.07) is 5.26. The summed E-state index contributed by atoms with van der Waals surface area (Å²) in [7, 11) is 1.61. The van der Waals surface area contributed by atoms with Crippen molar-refractivity contribution in [2.75, 3.05) is 25.5 Å². The molecule has 0 aliphatic carbocycles. The molecule has 3 amide bonds. The van der Waals surface area contributed by atoms with Crippen molar-refractivity contribution in [3.8, 4) is 0 Å². The van der Waals surface area contributed by atoms with E-state index in [1.54, 1.807) is 23.7 Å². The molecule has 7 nitrogen and oxygen atoms in total. The molecule has 1 aromatic carbocycles. The number of carbonyl (C=O) groups is 3. The summed E-state index contributed by atoms with van der Waals surface area (Å²) in [6.07, 6.45) is 3.94. The van der Waals surface area contributed by atoms with Crippen LogP contribution in [-0.2, 0) is 14.4 Å². The summed E-state index contributed by atoms with van der Waals surface area (Å²) in [4.78, 5) is 42.5. The van der Waals surface area contributed by atoms with Gasteiger partial charge in [0.15, 0.2) is 0 Å². The zero-order valence-corrected chi connectivity index (χ0v) is 22.4. The number of halogens is 1. The number of hydrogen-bond donors (Lipinski definition) is 3. The second-order valence-electron chi connectivity index (χ2n) is 9.70. The molecule has 0 saturated carbocycles. The maximum absolute atomic E-state index is 13.9. The second-order valence-corrected chi connectivity index (χ2v) is 12.4. The zero-order valence-electron chi connectivity index (χ0n) is 20.0. The van der Waals surface area contributed by atoms with Gasteiger partial charge in [-0.05, 0) is 44.2 Å². The van der Waals surface area contributed by atoms with E-state index in [4.69, 9.17) is 5.11 Å². The molecule has 3 aliphatic rings. The van der Waals surface area contributed by atoms with Crippen LogP contribution in [0.1, 0.15) is 43.2 Å². The minimum atomic E-state index is -0.633. The largest absolute Gasteiger partial charge is 0.396 e. The van der Waals surface area contributed by atoms with E-state index in [-0.39, 0.29) is 34.4 Å². The van der Waals surface area contributed by atoms with Crippen LogP contribution in [0.3, 0.4) is 0 Å². The number of unbranched alkanes of at least 4 members (excludes halogenated alkanes) is 3. The quantitative estimate of drug-likeness (QED) is 0.323. The third kappa shape index (κ3) is 4.17. The van der Waals surface area contributed by atoms with Gasteiger partial charge in [0.25, 0.3) is 0 Å². The Bertz CT molecular complexity index is 955. The summed E-state index contributed by atoms with van der Waals surface area (Å²) in [5.74, 6) is -1.32. The Morgan fingerprint density at radius 3 is 2.50 bits per heavy atom. The number of nitrogens with one attached hydrogen (secondary N) is 2. The molecule has 3 heterocycles. The topological polar surface area (TPSA) is 98.7 Å². The van der Waals surface area contributed by atoms with Crippen LogP contribution in [-0.4, -0.2) is 68.8 Å². The lowest BCUT2D eigenvalue weighted by molar-refractivity contribution is -0.139. The number of benzene rings is 1.